The molecule has 0 radical (unpaired) electrons. The van der Waals surface area contributed by atoms with Crippen LogP contribution in [0.2, 0.25) is 5.02 Å². The summed E-state index contributed by atoms with van der Waals surface area (Å²) in [6.07, 6.45) is 2.21. The summed E-state index contributed by atoms with van der Waals surface area (Å²) in [4.78, 5) is 0. The Morgan fingerprint density at radius 2 is 1.95 bits per heavy atom. The molecule has 0 aliphatic heterocycles. The lowest BCUT2D eigenvalue weighted by Crippen LogP contribution is -2.37. The fourth-order valence-electron chi connectivity index (χ4n) is 2.92. The summed E-state index contributed by atoms with van der Waals surface area (Å²) in [7, 11) is 0. The lowest BCUT2D eigenvalue weighted by atomic mass is 9.86. The van der Waals surface area contributed by atoms with Crippen molar-refractivity contribution >= 4 is 11.6 Å². The molecule has 1 aliphatic rings. The number of aryl methyl sites for hydroxylation is 1. The Balaban J connectivity index is 2.00. The van der Waals surface area contributed by atoms with Gasteiger partial charge in [0, 0.05) is 16.1 Å². The topological polar surface area (TPSA) is 26.0 Å². The van der Waals surface area contributed by atoms with Crippen molar-refractivity contribution in [2.45, 2.75) is 24.8 Å². The van der Waals surface area contributed by atoms with Crippen molar-refractivity contribution in [2.24, 2.45) is 5.73 Å². The number of hydrogen-bond donors (Lipinski definition) is 1. The van der Waals surface area contributed by atoms with Crippen molar-refractivity contribution in [1.29, 1.82) is 0 Å². The first-order valence-electron chi connectivity index (χ1n) is 6.40. The van der Waals surface area contributed by atoms with E-state index in [1.807, 2.05) is 18.2 Å². The van der Waals surface area contributed by atoms with Gasteiger partial charge in [-0.25, -0.2) is 4.39 Å². The van der Waals surface area contributed by atoms with Gasteiger partial charge in [-0.15, -0.1) is 0 Å². The van der Waals surface area contributed by atoms with Gasteiger partial charge in [0.25, 0.3) is 0 Å². The predicted molar refractivity (Wildman–Crippen MR) is 75.7 cm³/mol. The molecule has 2 aromatic rings. The third kappa shape index (κ3) is 2.15. The van der Waals surface area contributed by atoms with Gasteiger partial charge >= 0.3 is 0 Å². The molecule has 1 aliphatic carbocycles. The molecule has 1 atom stereocenters. The Labute approximate surface area is 117 Å². The van der Waals surface area contributed by atoms with Crippen LogP contribution < -0.4 is 5.73 Å². The number of fused-ring (bicyclic) bond motifs is 1. The Morgan fingerprint density at radius 1 is 1.16 bits per heavy atom. The number of hydrogen-bond acceptors (Lipinski definition) is 1. The molecular weight excluding hydrogens is 261 g/mol. The van der Waals surface area contributed by atoms with Gasteiger partial charge < -0.3 is 5.73 Å². The van der Waals surface area contributed by atoms with Crippen LogP contribution in [0.25, 0.3) is 0 Å². The molecule has 2 N–H and O–H groups in total. The molecule has 2 aromatic carbocycles. The zero-order valence-electron chi connectivity index (χ0n) is 10.5. The van der Waals surface area contributed by atoms with Gasteiger partial charge in [-0.05, 0) is 42.5 Å². The molecule has 0 spiro atoms. The minimum atomic E-state index is -0.511. The van der Waals surface area contributed by atoms with Crippen molar-refractivity contribution in [1.82, 2.24) is 0 Å². The fourth-order valence-corrected chi connectivity index (χ4v) is 3.15. The van der Waals surface area contributed by atoms with Crippen LogP contribution in [-0.4, -0.2) is 0 Å². The van der Waals surface area contributed by atoms with E-state index >= 15 is 0 Å². The molecule has 3 heteroatoms. The normalized spacial score (nSPS) is 21.4. The molecule has 3 rings (SSSR count). The largest absolute Gasteiger partial charge is 0.321 e. The first kappa shape index (κ1) is 12.6. The predicted octanol–water partition coefficient (Wildman–Crippen LogP) is 3.82. The summed E-state index contributed by atoms with van der Waals surface area (Å²) in [5.41, 5.74) is 8.90. The summed E-state index contributed by atoms with van der Waals surface area (Å²) < 4.78 is 13.9. The molecular formula is C16H15ClFN. The van der Waals surface area contributed by atoms with E-state index in [9.17, 15) is 4.39 Å². The van der Waals surface area contributed by atoms with Gasteiger partial charge in [-0.3, -0.25) is 0 Å². The Kier molecular flexibility index (Phi) is 3.08. The molecule has 1 unspecified atom stereocenters. The standard InChI is InChI=1S/C16H15ClFN/c17-14-6-3-7-15(18)12(14)10-16(19)9-8-11-4-1-2-5-13(11)16/h1-7H,8-10,19H2. The Bertz CT molecular complexity index is 606. The van der Waals surface area contributed by atoms with E-state index in [0.717, 1.165) is 18.4 Å². The number of benzene rings is 2. The van der Waals surface area contributed by atoms with Crippen LogP contribution in [0.3, 0.4) is 0 Å². The van der Waals surface area contributed by atoms with Gasteiger partial charge in [0.05, 0.1) is 0 Å². The molecule has 0 heterocycles. The SMILES string of the molecule is NC1(Cc2c(F)cccc2Cl)CCc2ccccc21. The van der Waals surface area contributed by atoms with Gasteiger partial charge in [0.15, 0.2) is 0 Å². The minimum absolute atomic E-state index is 0.276. The number of halogens is 2. The molecule has 0 aromatic heterocycles. The summed E-state index contributed by atoms with van der Waals surface area (Å²) in [5, 5.41) is 0.453. The lowest BCUT2D eigenvalue weighted by Gasteiger charge is -2.26. The van der Waals surface area contributed by atoms with Crippen molar-refractivity contribution in [2.75, 3.05) is 0 Å². The average Bonchev–Trinajstić information content (AvgIpc) is 2.73. The van der Waals surface area contributed by atoms with E-state index in [2.05, 4.69) is 6.07 Å². The van der Waals surface area contributed by atoms with E-state index in [1.165, 1.54) is 11.6 Å². The van der Waals surface area contributed by atoms with Gasteiger partial charge in [0.1, 0.15) is 5.82 Å². The Morgan fingerprint density at radius 3 is 2.74 bits per heavy atom. The number of rotatable bonds is 2. The molecule has 0 bridgehead atoms. The molecule has 1 nitrogen and oxygen atoms in total. The third-order valence-electron chi connectivity index (χ3n) is 3.95. The van der Waals surface area contributed by atoms with E-state index in [-0.39, 0.29) is 5.82 Å². The summed E-state index contributed by atoms with van der Waals surface area (Å²) in [6, 6.07) is 12.9. The zero-order valence-corrected chi connectivity index (χ0v) is 11.3. The van der Waals surface area contributed by atoms with Gasteiger partial charge in [-0.2, -0.15) is 0 Å². The monoisotopic (exact) mass is 275 g/mol. The summed E-state index contributed by atoms with van der Waals surface area (Å²) >= 11 is 6.10. The van der Waals surface area contributed by atoms with Crippen LogP contribution in [-0.2, 0) is 18.4 Å². The lowest BCUT2D eigenvalue weighted by molar-refractivity contribution is 0.429. The molecule has 0 saturated heterocycles. The zero-order chi connectivity index (χ0) is 13.5. The maximum Gasteiger partial charge on any atom is 0.127 e. The smallest absolute Gasteiger partial charge is 0.127 e. The van der Waals surface area contributed by atoms with Crippen molar-refractivity contribution in [3.05, 3.63) is 70.0 Å². The first-order valence-corrected chi connectivity index (χ1v) is 6.78. The van der Waals surface area contributed by atoms with Crippen LogP contribution in [0.4, 0.5) is 4.39 Å². The second-order valence-corrected chi connectivity index (χ2v) is 5.60. The highest BCUT2D eigenvalue weighted by Crippen LogP contribution is 2.38. The minimum Gasteiger partial charge on any atom is -0.321 e. The van der Waals surface area contributed by atoms with E-state index < -0.39 is 5.54 Å². The quantitative estimate of drug-likeness (QED) is 0.886. The highest BCUT2D eigenvalue weighted by atomic mass is 35.5. The molecule has 98 valence electrons. The first-order chi connectivity index (χ1) is 9.10. The maximum atomic E-state index is 13.9. The second kappa shape index (κ2) is 4.62. The van der Waals surface area contributed by atoms with Crippen molar-refractivity contribution in [3.8, 4) is 0 Å². The average molecular weight is 276 g/mol. The van der Waals surface area contributed by atoms with Crippen molar-refractivity contribution < 1.29 is 4.39 Å². The molecule has 19 heavy (non-hydrogen) atoms. The maximum absolute atomic E-state index is 13.9. The van der Waals surface area contributed by atoms with E-state index in [1.54, 1.807) is 12.1 Å². The van der Waals surface area contributed by atoms with Gasteiger partial charge in [-0.1, -0.05) is 41.9 Å². The highest BCUT2D eigenvalue weighted by molar-refractivity contribution is 6.31. The van der Waals surface area contributed by atoms with Crippen LogP contribution in [0.15, 0.2) is 42.5 Å². The van der Waals surface area contributed by atoms with Crippen LogP contribution in [0.1, 0.15) is 23.1 Å². The molecule has 0 amide bonds. The van der Waals surface area contributed by atoms with Crippen LogP contribution >= 0.6 is 11.6 Å². The van der Waals surface area contributed by atoms with Crippen LogP contribution in [0, 0.1) is 5.82 Å². The Hall–Kier alpha value is -1.38. The fraction of sp³-hybridized carbons (Fsp3) is 0.250. The molecule has 0 saturated carbocycles. The summed E-state index contributed by atoms with van der Waals surface area (Å²) in [5.74, 6) is -0.276. The molecule has 0 fully saturated rings. The number of nitrogens with two attached hydrogens (primary N) is 1. The van der Waals surface area contributed by atoms with E-state index in [4.69, 9.17) is 17.3 Å². The van der Waals surface area contributed by atoms with Crippen molar-refractivity contribution in [3.63, 3.8) is 0 Å². The highest BCUT2D eigenvalue weighted by Gasteiger charge is 2.35. The summed E-state index contributed by atoms with van der Waals surface area (Å²) in [6.45, 7) is 0. The van der Waals surface area contributed by atoms with Gasteiger partial charge in [0.2, 0.25) is 0 Å². The third-order valence-corrected chi connectivity index (χ3v) is 4.30. The second-order valence-electron chi connectivity index (χ2n) is 5.19. The van der Waals surface area contributed by atoms with Crippen LogP contribution in [0.5, 0.6) is 0 Å². The van der Waals surface area contributed by atoms with E-state index in [0.29, 0.717) is 17.0 Å².